The number of Topliss-reactive ketones (excluding diaryl/α,β-unsaturated/α-hetero) is 1. The van der Waals surface area contributed by atoms with Crippen LogP contribution in [0.1, 0.15) is 56.2 Å². The number of halogens is 1. The van der Waals surface area contributed by atoms with Crippen LogP contribution in [0.4, 0.5) is 4.39 Å². The van der Waals surface area contributed by atoms with Gasteiger partial charge in [-0.2, -0.15) is 0 Å². The Kier molecular flexibility index (Phi) is 6.43. The second kappa shape index (κ2) is 8.34. The maximum Gasteiger partial charge on any atom is 0.126 e. The van der Waals surface area contributed by atoms with Crippen LogP contribution < -0.4 is 5.73 Å². The molecule has 1 aliphatic rings. The molecular formula is C21H27FN2O. The second-order valence-electron chi connectivity index (χ2n) is 7.06. The van der Waals surface area contributed by atoms with Crippen molar-refractivity contribution in [3.63, 3.8) is 0 Å². The molecule has 0 saturated heterocycles. The molecule has 1 unspecified atom stereocenters. The molecule has 2 aromatic rings. The van der Waals surface area contributed by atoms with Crippen molar-refractivity contribution in [3.8, 4) is 0 Å². The van der Waals surface area contributed by atoms with E-state index in [2.05, 4.69) is 4.98 Å². The van der Waals surface area contributed by atoms with E-state index in [9.17, 15) is 9.18 Å². The zero-order valence-electron chi connectivity index (χ0n) is 15.3. The van der Waals surface area contributed by atoms with Gasteiger partial charge in [0.2, 0.25) is 0 Å². The summed E-state index contributed by atoms with van der Waals surface area (Å²) in [6, 6.07) is 9.14. The maximum atomic E-state index is 13.6. The molecule has 2 N–H and O–H groups in total. The van der Waals surface area contributed by atoms with Crippen molar-refractivity contribution < 1.29 is 9.18 Å². The number of nitrogens with zero attached hydrogens (tertiary/aromatic N) is 1. The predicted molar refractivity (Wildman–Crippen MR) is 98.7 cm³/mol. The average molecular weight is 342 g/mol. The van der Waals surface area contributed by atoms with Gasteiger partial charge in [0.05, 0.1) is 5.54 Å². The zero-order chi connectivity index (χ0) is 18.4. The standard InChI is InChI=1S/C18H21FN2.C3H6O/c1-13-12-16(4-5-17(13)19)18(20,9-6-14-2-3-14)15-7-10-21-11-8-15;1-3(2)4/h4-5,7-8,10-12,14H,2-3,6,9,20H2,1H3;1-2H3. The minimum Gasteiger partial charge on any atom is -0.318 e. The first kappa shape index (κ1) is 19.3. The number of hydrogen-bond donors (Lipinski definition) is 1. The second-order valence-corrected chi connectivity index (χ2v) is 7.06. The van der Waals surface area contributed by atoms with Gasteiger partial charge in [0.25, 0.3) is 0 Å². The Hall–Kier alpha value is -2.07. The molecule has 0 spiro atoms. The van der Waals surface area contributed by atoms with E-state index in [4.69, 9.17) is 5.73 Å². The molecular weight excluding hydrogens is 315 g/mol. The molecule has 1 aliphatic carbocycles. The number of aromatic nitrogens is 1. The highest BCUT2D eigenvalue weighted by atomic mass is 19.1. The number of ketones is 1. The summed E-state index contributed by atoms with van der Waals surface area (Å²) in [4.78, 5) is 13.5. The molecule has 134 valence electrons. The van der Waals surface area contributed by atoms with E-state index in [0.29, 0.717) is 5.56 Å². The summed E-state index contributed by atoms with van der Waals surface area (Å²) in [6.45, 7) is 4.84. The molecule has 1 atom stereocenters. The first-order chi connectivity index (χ1) is 11.8. The van der Waals surface area contributed by atoms with E-state index in [1.807, 2.05) is 24.3 Å². The van der Waals surface area contributed by atoms with Crippen molar-refractivity contribution in [3.05, 3.63) is 65.2 Å². The van der Waals surface area contributed by atoms with Crippen LogP contribution in [0.3, 0.4) is 0 Å². The molecule has 1 aromatic heterocycles. The Morgan fingerprint density at radius 3 is 2.32 bits per heavy atom. The van der Waals surface area contributed by atoms with Gasteiger partial charge in [0, 0.05) is 12.4 Å². The molecule has 1 saturated carbocycles. The summed E-state index contributed by atoms with van der Waals surface area (Å²) in [5.74, 6) is 0.800. The van der Waals surface area contributed by atoms with Crippen LogP contribution in [0.15, 0.2) is 42.7 Å². The van der Waals surface area contributed by atoms with Gasteiger partial charge in [-0.15, -0.1) is 0 Å². The van der Waals surface area contributed by atoms with Crippen molar-refractivity contribution in [1.29, 1.82) is 0 Å². The normalized spacial score (nSPS) is 15.7. The fourth-order valence-corrected chi connectivity index (χ4v) is 2.87. The summed E-state index contributed by atoms with van der Waals surface area (Å²) in [5.41, 5.74) is 8.89. The smallest absolute Gasteiger partial charge is 0.126 e. The molecule has 0 radical (unpaired) electrons. The number of rotatable bonds is 5. The van der Waals surface area contributed by atoms with Crippen LogP contribution in [-0.4, -0.2) is 10.8 Å². The minimum atomic E-state index is -0.565. The lowest BCUT2D eigenvalue weighted by molar-refractivity contribution is -0.114. The highest BCUT2D eigenvalue weighted by Gasteiger charge is 2.33. The highest BCUT2D eigenvalue weighted by Crippen LogP contribution is 2.39. The van der Waals surface area contributed by atoms with Gasteiger partial charge < -0.3 is 10.5 Å². The van der Waals surface area contributed by atoms with Crippen LogP contribution in [0.25, 0.3) is 0 Å². The molecule has 0 amide bonds. The van der Waals surface area contributed by atoms with Gasteiger partial charge in [-0.25, -0.2) is 4.39 Å². The summed E-state index contributed by atoms with van der Waals surface area (Å²) >= 11 is 0. The molecule has 25 heavy (non-hydrogen) atoms. The monoisotopic (exact) mass is 342 g/mol. The van der Waals surface area contributed by atoms with Gasteiger partial charge in [0.15, 0.2) is 0 Å². The Labute approximate surface area is 149 Å². The van der Waals surface area contributed by atoms with Gasteiger partial charge >= 0.3 is 0 Å². The first-order valence-electron chi connectivity index (χ1n) is 8.76. The average Bonchev–Trinajstić information content (AvgIpc) is 3.40. The highest BCUT2D eigenvalue weighted by molar-refractivity contribution is 5.72. The quantitative estimate of drug-likeness (QED) is 0.869. The van der Waals surface area contributed by atoms with Crippen molar-refractivity contribution in [1.82, 2.24) is 4.98 Å². The van der Waals surface area contributed by atoms with E-state index in [-0.39, 0.29) is 11.6 Å². The molecule has 4 heteroatoms. The fraction of sp³-hybridized carbons (Fsp3) is 0.429. The van der Waals surface area contributed by atoms with Crippen LogP contribution in [0.2, 0.25) is 0 Å². The van der Waals surface area contributed by atoms with Gasteiger partial charge in [-0.3, -0.25) is 4.98 Å². The van der Waals surface area contributed by atoms with Gasteiger partial charge in [-0.05, 0) is 74.4 Å². The van der Waals surface area contributed by atoms with Crippen LogP contribution in [0, 0.1) is 18.7 Å². The summed E-state index contributed by atoms with van der Waals surface area (Å²) in [5, 5.41) is 0. The Balaban J connectivity index is 0.000000511. The first-order valence-corrected chi connectivity index (χ1v) is 8.76. The van der Waals surface area contributed by atoms with Crippen LogP contribution >= 0.6 is 0 Å². The van der Waals surface area contributed by atoms with Gasteiger partial charge in [0.1, 0.15) is 11.6 Å². The predicted octanol–water partition coefficient (Wildman–Crippen LogP) is 4.52. The molecule has 0 bridgehead atoms. The third-order valence-corrected chi connectivity index (χ3v) is 4.51. The Morgan fingerprint density at radius 2 is 1.80 bits per heavy atom. The lowest BCUT2D eigenvalue weighted by Gasteiger charge is -2.31. The molecule has 1 fully saturated rings. The Bertz CT molecular complexity index is 709. The zero-order valence-corrected chi connectivity index (χ0v) is 15.3. The third-order valence-electron chi connectivity index (χ3n) is 4.51. The largest absolute Gasteiger partial charge is 0.318 e. The molecule has 3 rings (SSSR count). The van der Waals surface area contributed by atoms with E-state index in [1.165, 1.54) is 32.8 Å². The number of carbonyl (C=O) groups is 1. The minimum absolute atomic E-state index is 0.167. The summed E-state index contributed by atoms with van der Waals surface area (Å²) in [7, 11) is 0. The maximum absolute atomic E-state index is 13.6. The summed E-state index contributed by atoms with van der Waals surface area (Å²) in [6.07, 6.45) is 8.17. The topological polar surface area (TPSA) is 56.0 Å². The van der Waals surface area contributed by atoms with E-state index in [0.717, 1.165) is 29.9 Å². The number of carbonyl (C=O) groups excluding carboxylic acids is 1. The van der Waals surface area contributed by atoms with E-state index < -0.39 is 5.54 Å². The Morgan fingerprint density at radius 1 is 1.20 bits per heavy atom. The van der Waals surface area contributed by atoms with Crippen molar-refractivity contribution in [2.75, 3.05) is 0 Å². The SMILES string of the molecule is CC(C)=O.Cc1cc(C(N)(CCC2CC2)c2ccncc2)ccc1F. The van der Waals surface area contributed by atoms with Crippen molar-refractivity contribution in [2.45, 2.75) is 52.0 Å². The van der Waals surface area contributed by atoms with Gasteiger partial charge in [-0.1, -0.05) is 25.0 Å². The van der Waals surface area contributed by atoms with E-state index in [1.54, 1.807) is 19.3 Å². The van der Waals surface area contributed by atoms with E-state index >= 15 is 0 Å². The third kappa shape index (κ3) is 5.46. The van der Waals surface area contributed by atoms with Crippen molar-refractivity contribution >= 4 is 5.78 Å². The number of hydrogen-bond acceptors (Lipinski definition) is 3. The molecule has 3 nitrogen and oxygen atoms in total. The molecule has 1 aromatic carbocycles. The number of benzene rings is 1. The summed E-state index contributed by atoms with van der Waals surface area (Å²) < 4.78 is 13.6. The van der Waals surface area contributed by atoms with Crippen LogP contribution in [-0.2, 0) is 10.3 Å². The molecule has 1 heterocycles. The number of pyridine rings is 1. The fourth-order valence-electron chi connectivity index (χ4n) is 2.87. The van der Waals surface area contributed by atoms with Crippen LogP contribution in [0.5, 0.6) is 0 Å². The number of nitrogens with two attached hydrogens (primary N) is 1. The lowest BCUT2D eigenvalue weighted by Crippen LogP contribution is -2.38. The molecule has 0 aliphatic heterocycles. The van der Waals surface area contributed by atoms with Crippen molar-refractivity contribution in [2.24, 2.45) is 11.7 Å². The number of aryl methyl sites for hydroxylation is 1. The lowest BCUT2D eigenvalue weighted by atomic mass is 9.79.